The van der Waals surface area contributed by atoms with E-state index in [1.54, 1.807) is 0 Å². The zero-order valence-electron chi connectivity index (χ0n) is 23.2. The number of fused-ring (bicyclic) bond motifs is 8. The summed E-state index contributed by atoms with van der Waals surface area (Å²) in [6.45, 7) is 0. The van der Waals surface area contributed by atoms with Crippen molar-refractivity contribution >= 4 is 71.7 Å². The lowest BCUT2D eigenvalue weighted by atomic mass is 9.98. The van der Waals surface area contributed by atoms with Crippen LogP contribution < -0.4 is 4.90 Å². The van der Waals surface area contributed by atoms with Gasteiger partial charge in [-0.3, -0.25) is 0 Å². The maximum atomic E-state index is 6.45. The molecule has 0 spiro atoms. The molecule has 202 valence electrons. The fourth-order valence-electron chi connectivity index (χ4n) is 6.46. The largest absolute Gasteiger partial charge is 0.456 e. The highest BCUT2D eigenvalue weighted by atomic mass is 16.3. The minimum atomic E-state index is 0.877. The quantitative estimate of drug-likeness (QED) is 0.218. The first-order valence-corrected chi connectivity index (χ1v) is 14.5. The predicted molar refractivity (Wildman–Crippen MR) is 179 cm³/mol. The molecule has 0 atom stereocenters. The van der Waals surface area contributed by atoms with Gasteiger partial charge in [0.2, 0.25) is 0 Å². The Morgan fingerprint density at radius 1 is 0.395 bits per heavy atom. The zero-order chi connectivity index (χ0) is 28.3. The van der Waals surface area contributed by atoms with Crippen LogP contribution in [0.2, 0.25) is 0 Å². The van der Waals surface area contributed by atoms with Crippen molar-refractivity contribution < 1.29 is 8.83 Å². The summed E-state index contributed by atoms with van der Waals surface area (Å²) in [6, 6.07) is 53.1. The molecule has 3 nitrogen and oxygen atoms in total. The first-order valence-electron chi connectivity index (χ1n) is 14.5. The smallest absolute Gasteiger partial charge is 0.143 e. The van der Waals surface area contributed by atoms with Gasteiger partial charge in [-0.2, -0.15) is 0 Å². The first kappa shape index (κ1) is 23.9. The first-order chi connectivity index (χ1) is 21.3. The van der Waals surface area contributed by atoms with E-state index in [-0.39, 0.29) is 0 Å². The van der Waals surface area contributed by atoms with Crippen LogP contribution in [0.25, 0.3) is 65.8 Å². The highest BCUT2D eigenvalue weighted by Crippen LogP contribution is 2.42. The summed E-state index contributed by atoms with van der Waals surface area (Å²) < 4.78 is 12.7. The van der Waals surface area contributed by atoms with Gasteiger partial charge in [-0.05, 0) is 71.1 Å². The van der Waals surface area contributed by atoms with E-state index in [1.807, 2.05) is 18.2 Å². The lowest BCUT2D eigenvalue weighted by Gasteiger charge is -2.25. The van der Waals surface area contributed by atoms with Crippen molar-refractivity contribution in [3.8, 4) is 11.1 Å². The molecule has 0 aliphatic heterocycles. The maximum absolute atomic E-state index is 6.45. The van der Waals surface area contributed by atoms with Crippen molar-refractivity contribution in [2.75, 3.05) is 4.90 Å². The Bertz CT molecular complexity index is 2450. The van der Waals surface area contributed by atoms with E-state index in [0.29, 0.717) is 0 Å². The summed E-state index contributed by atoms with van der Waals surface area (Å²) in [5.41, 5.74) is 9.12. The van der Waals surface area contributed by atoms with Crippen LogP contribution in [0.5, 0.6) is 0 Å². The third-order valence-electron chi connectivity index (χ3n) is 8.46. The molecule has 0 fully saturated rings. The Balaban J connectivity index is 1.18. The summed E-state index contributed by atoms with van der Waals surface area (Å²) in [4.78, 5) is 2.27. The standard InChI is InChI=1S/C40H25NO2/c1-2-10-28(11-3-1)41(30-22-24-34-33-13-6-7-15-36(33)42-38(34)25-30)29-20-17-27(18-21-29)31-14-8-16-37-39(31)35-23-19-26-9-4-5-12-32(26)40(35)43-37/h1-25H. The number of rotatable bonds is 4. The van der Waals surface area contributed by atoms with Gasteiger partial charge in [-0.1, -0.05) is 91.0 Å². The van der Waals surface area contributed by atoms with Gasteiger partial charge in [0, 0.05) is 50.1 Å². The third kappa shape index (κ3) is 3.75. The molecule has 0 saturated carbocycles. The Hall–Kier alpha value is -5.80. The van der Waals surface area contributed by atoms with E-state index in [1.165, 1.54) is 5.39 Å². The highest BCUT2D eigenvalue weighted by molar-refractivity contribution is 6.19. The summed E-state index contributed by atoms with van der Waals surface area (Å²) in [7, 11) is 0. The molecule has 9 aromatic rings. The molecule has 0 amide bonds. The fraction of sp³-hybridized carbons (Fsp3) is 0. The van der Waals surface area contributed by atoms with Crippen molar-refractivity contribution in [1.29, 1.82) is 0 Å². The monoisotopic (exact) mass is 551 g/mol. The molecule has 2 heterocycles. The molecule has 43 heavy (non-hydrogen) atoms. The molecule has 3 heteroatoms. The molecule has 0 bridgehead atoms. The van der Waals surface area contributed by atoms with E-state index >= 15 is 0 Å². The molecule has 0 aliphatic rings. The molecule has 7 aromatic carbocycles. The van der Waals surface area contributed by atoms with Crippen LogP contribution in [0.1, 0.15) is 0 Å². The highest BCUT2D eigenvalue weighted by Gasteiger charge is 2.17. The van der Waals surface area contributed by atoms with E-state index in [4.69, 9.17) is 8.83 Å². The normalized spacial score (nSPS) is 11.7. The molecule has 9 rings (SSSR count). The second-order valence-corrected chi connectivity index (χ2v) is 10.9. The van der Waals surface area contributed by atoms with Crippen LogP contribution in [-0.4, -0.2) is 0 Å². The van der Waals surface area contributed by atoms with Gasteiger partial charge >= 0.3 is 0 Å². The summed E-state index contributed by atoms with van der Waals surface area (Å²) in [5, 5.41) is 6.86. The Morgan fingerprint density at radius 2 is 1.07 bits per heavy atom. The van der Waals surface area contributed by atoms with Crippen LogP contribution in [0, 0.1) is 0 Å². The van der Waals surface area contributed by atoms with Crippen LogP contribution in [0.4, 0.5) is 17.1 Å². The number of furan rings is 2. The number of anilines is 3. The van der Waals surface area contributed by atoms with Crippen LogP contribution in [-0.2, 0) is 0 Å². The second kappa shape index (κ2) is 9.37. The third-order valence-corrected chi connectivity index (χ3v) is 8.46. The van der Waals surface area contributed by atoms with Gasteiger partial charge in [-0.25, -0.2) is 0 Å². The number of nitrogens with zero attached hydrogens (tertiary/aromatic N) is 1. The van der Waals surface area contributed by atoms with Crippen molar-refractivity contribution in [1.82, 2.24) is 0 Å². The van der Waals surface area contributed by atoms with E-state index in [0.717, 1.165) is 77.5 Å². The molecule has 0 unspecified atom stereocenters. The zero-order valence-corrected chi connectivity index (χ0v) is 23.2. The van der Waals surface area contributed by atoms with Crippen molar-refractivity contribution in [2.45, 2.75) is 0 Å². The lowest BCUT2D eigenvalue weighted by Crippen LogP contribution is -2.09. The molecule has 0 aliphatic carbocycles. The molecular formula is C40H25NO2. The number of para-hydroxylation sites is 2. The lowest BCUT2D eigenvalue weighted by molar-refractivity contribution is 0.669. The van der Waals surface area contributed by atoms with Crippen molar-refractivity contribution in [3.05, 3.63) is 152 Å². The van der Waals surface area contributed by atoms with Crippen LogP contribution >= 0.6 is 0 Å². The van der Waals surface area contributed by atoms with Crippen molar-refractivity contribution in [3.63, 3.8) is 0 Å². The van der Waals surface area contributed by atoms with Gasteiger partial charge < -0.3 is 13.7 Å². The van der Waals surface area contributed by atoms with Gasteiger partial charge in [0.15, 0.2) is 0 Å². The SMILES string of the molecule is c1ccc(N(c2ccc(-c3cccc4oc5c6ccccc6ccc5c34)cc2)c2ccc3c(c2)oc2ccccc23)cc1. The summed E-state index contributed by atoms with van der Waals surface area (Å²) in [6.07, 6.45) is 0. The fourth-order valence-corrected chi connectivity index (χ4v) is 6.46. The Labute approximate surface area is 247 Å². The maximum Gasteiger partial charge on any atom is 0.143 e. The van der Waals surface area contributed by atoms with Gasteiger partial charge in [0.25, 0.3) is 0 Å². The minimum absolute atomic E-state index is 0.877. The minimum Gasteiger partial charge on any atom is -0.456 e. The van der Waals surface area contributed by atoms with Gasteiger partial charge in [0.1, 0.15) is 22.3 Å². The molecular weight excluding hydrogens is 526 g/mol. The van der Waals surface area contributed by atoms with E-state index in [2.05, 4.69) is 138 Å². The number of benzene rings is 7. The van der Waals surface area contributed by atoms with Crippen LogP contribution in [0.3, 0.4) is 0 Å². The van der Waals surface area contributed by atoms with Crippen LogP contribution in [0.15, 0.2) is 160 Å². The summed E-state index contributed by atoms with van der Waals surface area (Å²) in [5.74, 6) is 0. The average Bonchev–Trinajstić information content (AvgIpc) is 3.64. The van der Waals surface area contributed by atoms with Gasteiger partial charge in [0.05, 0.1) is 0 Å². The summed E-state index contributed by atoms with van der Waals surface area (Å²) >= 11 is 0. The number of hydrogen-bond donors (Lipinski definition) is 0. The number of hydrogen-bond acceptors (Lipinski definition) is 3. The van der Waals surface area contributed by atoms with E-state index in [9.17, 15) is 0 Å². The molecule has 0 saturated heterocycles. The topological polar surface area (TPSA) is 29.5 Å². The predicted octanol–water partition coefficient (Wildman–Crippen LogP) is 11.8. The molecule has 0 N–H and O–H groups in total. The Morgan fingerprint density at radius 3 is 1.95 bits per heavy atom. The second-order valence-electron chi connectivity index (χ2n) is 10.9. The Kier molecular flexibility index (Phi) is 5.20. The average molecular weight is 552 g/mol. The van der Waals surface area contributed by atoms with E-state index < -0.39 is 0 Å². The van der Waals surface area contributed by atoms with Gasteiger partial charge in [-0.15, -0.1) is 0 Å². The van der Waals surface area contributed by atoms with Crippen molar-refractivity contribution in [2.24, 2.45) is 0 Å². The molecule has 2 aromatic heterocycles. The molecule has 0 radical (unpaired) electrons.